The molecule has 3 rings (SSSR count). The Morgan fingerprint density at radius 1 is 0.769 bits per heavy atom. The largest absolute Gasteiger partial charge is 0.463 e. The van der Waals surface area contributed by atoms with Crippen molar-refractivity contribution in [2.24, 2.45) is 0 Å². The lowest BCUT2D eigenvalue weighted by atomic mass is 9.65. The second-order valence-corrected chi connectivity index (χ2v) is 6.42. The summed E-state index contributed by atoms with van der Waals surface area (Å²) in [5.74, 6) is 0. The monoisotopic (exact) mass is 344 g/mol. The summed E-state index contributed by atoms with van der Waals surface area (Å²) in [4.78, 5) is 11.4. The first-order valence-corrected chi connectivity index (χ1v) is 9.09. The molecule has 1 unspecified atom stereocenters. The summed E-state index contributed by atoms with van der Waals surface area (Å²) in [6.45, 7) is 2.71. The maximum Gasteiger partial charge on any atom is 0.293 e. The molecule has 1 atom stereocenters. The minimum Gasteiger partial charge on any atom is -0.463 e. The Hall–Kier alpha value is -2.87. The van der Waals surface area contributed by atoms with Crippen molar-refractivity contribution in [1.29, 1.82) is 0 Å². The van der Waals surface area contributed by atoms with Gasteiger partial charge in [-0.3, -0.25) is 4.79 Å². The highest BCUT2D eigenvalue weighted by Gasteiger charge is 2.44. The van der Waals surface area contributed by atoms with E-state index in [1.54, 1.807) is 0 Å². The molecular weight excluding hydrogens is 320 g/mol. The van der Waals surface area contributed by atoms with E-state index in [-0.39, 0.29) is 6.10 Å². The van der Waals surface area contributed by atoms with Crippen LogP contribution in [0.25, 0.3) is 0 Å². The zero-order valence-electron chi connectivity index (χ0n) is 15.0. The first-order chi connectivity index (χ1) is 12.8. The summed E-state index contributed by atoms with van der Waals surface area (Å²) in [6.07, 6.45) is 1.40. The van der Waals surface area contributed by atoms with Crippen molar-refractivity contribution < 1.29 is 9.53 Å². The molecule has 3 aromatic carbocycles. The second-order valence-electron chi connectivity index (χ2n) is 6.42. The molecule has 0 saturated carbocycles. The van der Waals surface area contributed by atoms with Gasteiger partial charge in [0.1, 0.15) is 6.10 Å². The number of rotatable bonds is 8. The van der Waals surface area contributed by atoms with E-state index in [4.69, 9.17) is 4.74 Å². The van der Waals surface area contributed by atoms with Crippen molar-refractivity contribution in [3.8, 4) is 0 Å². The van der Waals surface area contributed by atoms with E-state index in [9.17, 15) is 4.79 Å². The quantitative estimate of drug-likeness (QED) is 0.406. The Bertz CT molecular complexity index is 701. The molecular formula is C24H24O2. The van der Waals surface area contributed by atoms with Crippen molar-refractivity contribution in [1.82, 2.24) is 0 Å². The predicted octanol–water partition coefficient (Wildman–Crippen LogP) is 5.36. The Morgan fingerprint density at radius 2 is 1.15 bits per heavy atom. The number of ether oxygens (including phenoxy) is 1. The zero-order valence-corrected chi connectivity index (χ0v) is 15.0. The summed E-state index contributed by atoms with van der Waals surface area (Å²) < 4.78 is 5.73. The van der Waals surface area contributed by atoms with E-state index in [1.165, 1.54) is 0 Å². The molecule has 2 nitrogen and oxygen atoms in total. The third-order valence-corrected chi connectivity index (χ3v) is 4.94. The van der Waals surface area contributed by atoms with Crippen molar-refractivity contribution >= 4 is 6.47 Å². The Kier molecular flexibility index (Phi) is 5.85. The highest BCUT2D eigenvalue weighted by molar-refractivity contribution is 5.53. The standard InChI is InChI=1S/C24H24O2/c1-2-12-23(26-19-25)24(20-13-6-3-7-14-20,21-15-8-4-9-16-21)22-17-10-5-11-18-22/h3-11,13-19,23H,2,12H2,1H3. The van der Waals surface area contributed by atoms with Crippen LogP contribution in [0.15, 0.2) is 91.0 Å². The predicted molar refractivity (Wildman–Crippen MR) is 105 cm³/mol. The van der Waals surface area contributed by atoms with Gasteiger partial charge in [-0.05, 0) is 23.1 Å². The van der Waals surface area contributed by atoms with E-state index in [2.05, 4.69) is 43.3 Å². The summed E-state index contributed by atoms with van der Waals surface area (Å²) in [6, 6.07) is 31.0. The maximum atomic E-state index is 11.4. The second kappa shape index (κ2) is 8.48. The zero-order chi connectivity index (χ0) is 18.2. The number of hydrogen-bond acceptors (Lipinski definition) is 2. The highest BCUT2D eigenvalue weighted by atomic mass is 16.5. The summed E-state index contributed by atoms with van der Waals surface area (Å²) in [5, 5.41) is 0. The molecule has 3 aromatic rings. The molecule has 2 heteroatoms. The molecule has 0 fully saturated rings. The summed E-state index contributed by atoms with van der Waals surface area (Å²) >= 11 is 0. The average molecular weight is 344 g/mol. The molecule has 0 spiro atoms. The minimum atomic E-state index is -0.555. The van der Waals surface area contributed by atoms with E-state index in [0.29, 0.717) is 6.47 Å². The molecule has 132 valence electrons. The van der Waals surface area contributed by atoms with E-state index in [0.717, 1.165) is 29.5 Å². The molecule has 0 aliphatic heterocycles. The fourth-order valence-corrected chi connectivity index (χ4v) is 3.88. The number of hydrogen-bond donors (Lipinski definition) is 0. The van der Waals surface area contributed by atoms with E-state index >= 15 is 0 Å². The van der Waals surface area contributed by atoms with Crippen molar-refractivity contribution in [2.45, 2.75) is 31.3 Å². The van der Waals surface area contributed by atoms with Crippen LogP contribution in [0.5, 0.6) is 0 Å². The van der Waals surface area contributed by atoms with E-state index < -0.39 is 5.41 Å². The molecule has 0 N–H and O–H groups in total. The SMILES string of the molecule is CCCC(OC=O)C(c1ccccc1)(c1ccccc1)c1ccccc1. The fraction of sp³-hybridized carbons (Fsp3) is 0.208. The van der Waals surface area contributed by atoms with Crippen LogP contribution in [0.2, 0.25) is 0 Å². The van der Waals surface area contributed by atoms with Crippen molar-refractivity contribution in [3.05, 3.63) is 108 Å². The Balaban J connectivity index is 2.36. The highest BCUT2D eigenvalue weighted by Crippen LogP contribution is 2.44. The van der Waals surface area contributed by atoms with Crippen LogP contribution in [0, 0.1) is 0 Å². The Morgan fingerprint density at radius 3 is 1.46 bits per heavy atom. The van der Waals surface area contributed by atoms with Crippen LogP contribution in [0.3, 0.4) is 0 Å². The first kappa shape index (κ1) is 17.9. The number of carbonyl (C=O) groups is 1. The number of carbonyl (C=O) groups excluding carboxylic acids is 1. The Labute approximate surface area is 155 Å². The van der Waals surface area contributed by atoms with Gasteiger partial charge in [-0.2, -0.15) is 0 Å². The van der Waals surface area contributed by atoms with Gasteiger partial charge in [-0.15, -0.1) is 0 Å². The van der Waals surface area contributed by atoms with Crippen LogP contribution in [0.4, 0.5) is 0 Å². The van der Waals surface area contributed by atoms with Gasteiger partial charge < -0.3 is 4.74 Å². The lowest BCUT2D eigenvalue weighted by molar-refractivity contribution is -0.136. The molecule has 26 heavy (non-hydrogen) atoms. The third-order valence-electron chi connectivity index (χ3n) is 4.94. The van der Waals surface area contributed by atoms with Gasteiger partial charge in [0.05, 0.1) is 5.41 Å². The van der Waals surface area contributed by atoms with Gasteiger partial charge in [0.25, 0.3) is 6.47 Å². The van der Waals surface area contributed by atoms with Gasteiger partial charge in [-0.1, -0.05) is 104 Å². The third kappa shape index (κ3) is 3.28. The smallest absolute Gasteiger partial charge is 0.293 e. The van der Waals surface area contributed by atoms with Crippen LogP contribution in [-0.2, 0) is 14.9 Å². The van der Waals surface area contributed by atoms with Crippen LogP contribution < -0.4 is 0 Å². The van der Waals surface area contributed by atoms with Crippen molar-refractivity contribution in [3.63, 3.8) is 0 Å². The van der Waals surface area contributed by atoms with Gasteiger partial charge in [0.15, 0.2) is 0 Å². The molecule has 0 radical (unpaired) electrons. The maximum absolute atomic E-state index is 11.4. The molecule has 0 saturated heterocycles. The first-order valence-electron chi connectivity index (χ1n) is 9.09. The molecule has 0 aromatic heterocycles. The van der Waals surface area contributed by atoms with E-state index in [1.807, 2.05) is 54.6 Å². The lowest BCUT2D eigenvalue weighted by Crippen LogP contribution is -2.43. The van der Waals surface area contributed by atoms with Crippen LogP contribution in [0.1, 0.15) is 36.5 Å². The molecule has 0 bridgehead atoms. The molecule has 0 amide bonds. The fourth-order valence-electron chi connectivity index (χ4n) is 3.88. The summed E-state index contributed by atoms with van der Waals surface area (Å²) in [5.41, 5.74) is 2.81. The summed E-state index contributed by atoms with van der Waals surface area (Å²) in [7, 11) is 0. The van der Waals surface area contributed by atoms with Crippen LogP contribution >= 0.6 is 0 Å². The van der Waals surface area contributed by atoms with Gasteiger partial charge >= 0.3 is 0 Å². The average Bonchev–Trinajstić information content (AvgIpc) is 2.71. The van der Waals surface area contributed by atoms with Crippen LogP contribution in [-0.4, -0.2) is 12.6 Å². The minimum absolute atomic E-state index is 0.294. The molecule has 0 aliphatic rings. The lowest BCUT2D eigenvalue weighted by Gasteiger charge is -2.41. The molecule has 0 heterocycles. The number of benzene rings is 3. The topological polar surface area (TPSA) is 26.3 Å². The van der Waals surface area contributed by atoms with Crippen molar-refractivity contribution in [2.75, 3.05) is 0 Å². The van der Waals surface area contributed by atoms with Gasteiger partial charge in [0.2, 0.25) is 0 Å². The molecule has 0 aliphatic carbocycles. The normalized spacial score (nSPS) is 12.3. The van der Waals surface area contributed by atoms with Gasteiger partial charge in [-0.25, -0.2) is 0 Å². The van der Waals surface area contributed by atoms with Gasteiger partial charge in [0, 0.05) is 0 Å².